The van der Waals surface area contributed by atoms with Crippen LogP contribution in [0.15, 0.2) is 12.2 Å². The number of ketones is 2. The molecule has 0 fully saturated rings. The van der Waals surface area contributed by atoms with Crippen LogP contribution in [0.25, 0.3) is 0 Å². The summed E-state index contributed by atoms with van der Waals surface area (Å²) in [5.41, 5.74) is 0. The van der Waals surface area contributed by atoms with Crippen LogP contribution < -0.4 is 0 Å². The van der Waals surface area contributed by atoms with Gasteiger partial charge < -0.3 is 0 Å². The van der Waals surface area contributed by atoms with E-state index < -0.39 is 36.1 Å². The summed E-state index contributed by atoms with van der Waals surface area (Å²) >= 11 is 0. The van der Waals surface area contributed by atoms with Crippen LogP contribution in [0, 0.1) is 0 Å². The van der Waals surface area contributed by atoms with E-state index in [0.29, 0.717) is 0 Å². The summed E-state index contributed by atoms with van der Waals surface area (Å²) in [6.07, 6.45) is -11.5. The molecule has 0 aliphatic carbocycles. The molecular formula is C6H2F6O2. The molecule has 0 aromatic carbocycles. The maximum absolute atomic E-state index is 11.4. The molecule has 2 nitrogen and oxygen atoms in total. The van der Waals surface area contributed by atoms with Crippen LogP contribution >= 0.6 is 0 Å². The van der Waals surface area contributed by atoms with E-state index in [4.69, 9.17) is 0 Å². The van der Waals surface area contributed by atoms with Gasteiger partial charge in [-0.2, -0.15) is 26.3 Å². The van der Waals surface area contributed by atoms with Crippen LogP contribution in [0.5, 0.6) is 0 Å². The Bertz CT molecular complexity index is 243. The molecule has 0 aromatic heterocycles. The molecule has 0 radical (unpaired) electrons. The first-order chi connectivity index (χ1) is 6.05. The third-order valence-corrected chi connectivity index (χ3v) is 0.945. The quantitative estimate of drug-likeness (QED) is 0.525. The summed E-state index contributed by atoms with van der Waals surface area (Å²) in [5.74, 6) is -5.04. The summed E-state index contributed by atoms with van der Waals surface area (Å²) in [6, 6.07) is 0. The van der Waals surface area contributed by atoms with Crippen molar-refractivity contribution in [1.82, 2.24) is 0 Å². The molecule has 8 heteroatoms. The molecule has 0 heterocycles. The van der Waals surface area contributed by atoms with Gasteiger partial charge in [-0.25, -0.2) is 0 Å². The first kappa shape index (κ1) is 12.7. The molecule has 0 aliphatic heterocycles. The fourth-order valence-corrected chi connectivity index (χ4v) is 0.340. The minimum Gasteiger partial charge on any atom is -0.285 e. The smallest absolute Gasteiger partial charge is 0.285 e. The molecular weight excluding hydrogens is 218 g/mol. The van der Waals surface area contributed by atoms with Gasteiger partial charge in [0.05, 0.1) is 0 Å². The van der Waals surface area contributed by atoms with Crippen molar-refractivity contribution in [3.63, 3.8) is 0 Å². The van der Waals surface area contributed by atoms with Crippen molar-refractivity contribution >= 4 is 11.6 Å². The van der Waals surface area contributed by atoms with Crippen LogP contribution in [-0.4, -0.2) is 23.9 Å². The van der Waals surface area contributed by atoms with Crippen molar-refractivity contribution in [2.45, 2.75) is 12.4 Å². The number of hydrogen-bond donors (Lipinski definition) is 0. The lowest BCUT2D eigenvalue weighted by Crippen LogP contribution is -2.23. The summed E-state index contributed by atoms with van der Waals surface area (Å²) in [4.78, 5) is 19.9. The highest BCUT2D eigenvalue weighted by Crippen LogP contribution is 2.19. The lowest BCUT2D eigenvalue weighted by Gasteiger charge is -2.00. The Morgan fingerprint density at radius 1 is 0.714 bits per heavy atom. The van der Waals surface area contributed by atoms with Gasteiger partial charge in [0.15, 0.2) is 0 Å². The van der Waals surface area contributed by atoms with Crippen LogP contribution in [0.4, 0.5) is 26.3 Å². The zero-order chi connectivity index (χ0) is 11.6. The van der Waals surface area contributed by atoms with Gasteiger partial charge >= 0.3 is 12.4 Å². The van der Waals surface area contributed by atoms with E-state index in [-0.39, 0.29) is 0 Å². The van der Waals surface area contributed by atoms with Gasteiger partial charge in [-0.05, 0) is 12.2 Å². The van der Waals surface area contributed by atoms with Gasteiger partial charge in [0.1, 0.15) is 0 Å². The third kappa shape index (κ3) is 4.06. The molecule has 0 bridgehead atoms. The first-order valence-electron chi connectivity index (χ1n) is 2.95. The average Bonchev–Trinajstić information content (AvgIpc) is 1.95. The second-order valence-electron chi connectivity index (χ2n) is 2.06. The number of halogens is 6. The lowest BCUT2D eigenvalue weighted by atomic mass is 10.3. The normalized spacial score (nSPS) is 13.3. The van der Waals surface area contributed by atoms with Gasteiger partial charge in [-0.1, -0.05) is 0 Å². The van der Waals surface area contributed by atoms with E-state index in [1.165, 1.54) is 0 Å². The second-order valence-corrected chi connectivity index (χ2v) is 2.06. The Labute approximate surface area is 73.2 Å². The molecule has 80 valence electrons. The number of alkyl halides is 6. The predicted molar refractivity (Wildman–Crippen MR) is 31.3 cm³/mol. The Balaban J connectivity index is 4.49. The van der Waals surface area contributed by atoms with Crippen molar-refractivity contribution in [3.05, 3.63) is 12.2 Å². The van der Waals surface area contributed by atoms with Crippen molar-refractivity contribution in [2.75, 3.05) is 0 Å². The largest absolute Gasteiger partial charge is 0.454 e. The third-order valence-electron chi connectivity index (χ3n) is 0.945. The summed E-state index contributed by atoms with van der Waals surface area (Å²) in [7, 11) is 0. The van der Waals surface area contributed by atoms with Crippen LogP contribution in [0.3, 0.4) is 0 Å². The first-order valence-corrected chi connectivity index (χ1v) is 2.95. The van der Waals surface area contributed by atoms with E-state index in [0.717, 1.165) is 0 Å². The Morgan fingerprint density at radius 2 is 0.929 bits per heavy atom. The van der Waals surface area contributed by atoms with Gasteiger partial charge in [-0.3, -0.25) is 9.59 Å². The molecule has 0 aliphatic rings. The summed E-state index contributed by atoms with van der Waals surface area (Å²) < 4.78 is 68.4. The maximum Gasteiger partial charge on any atom is 0.454 e. The Hall–Kier alpha value is -1.34. The van der Waals surface area contributed by atoms with E-state index in [2.05, 4.69) is 0 Å². The number of rotatable bonds is 2. The second kappa shape index (κ2) is 3.81. The number of allylic oxidation sites excluding steroid dienone is 2. The molecule has 0 saturated heterocycles. The van der Waals surface area contributed by atoms with Gasteiger partial charge in [-0.15, -0.1) is 0 Å². The van der Waals surface area contributed by atoms with E-state index in [9.17, 15) is 35.9 Å². The lowest BCUT2D eigenvalue weighted by molar-refractivity contribution is -0.167. The van der Waals surface area contributed by atoms with E-state index >= 15 is 0 Å². The monoisotopic (exact) mass is 220 g/mol. The molecule has 0 aromatic rings. The highest BCUT2D eigenvalue weighted by atomic mass is 19.4. The minimum atomic E-state index is -5.28. The van der Waals surface area contributed by atoms with Crippen LogP contribution in [0.1, 0.15) is 0 Å². The SMILES string of the molecule is O=C(C=CC(=O)C(F)(F)F)C(F)(F)F. The molecule has 0 amide bonds. The van der Waals surface area contributed by atoms with Crippen LogP contribution in [0.2, 0.25) is 0 Å². The summed E-state index contributed by atoms with van der Waals surface area (Å²) in [5, 5.41) is 0. The molecule has 0 N–H and O–H groups in total. The van der Waals surface area contributed by atoms with Gasteiger partial charge in [0.25, 0.3) is 11.6 Å². The zero-order valence-corrected chi connectivity index (χ0v) is 6.24. The van der Waals surface area contributed by atoms with Gasteiger partial charge in [0, 0.05) is 0 Å². The number of hydrogen-bond acceptors (Lipinski definition) is 2. The van der Waals surface area contributed by atoms with Gasteiger partial charge in [0.2, 0.25) is 0 Å². The summed E-state index contributed by atoms with van der Waals surface area (Å²) in [6.45, 7) is 0. The van der Waals surface area contributed by atoms with Crippen molar-refractivity contribution in [1.29, 1.82) is 0 Å². The van der Waals surface area contributed by atoms with E-state index in [1.54, 1.807) is 0 Å². The molecule has 0 unspecified atom stereocenters. The highest BCUT2D eigenvalue weighted by Gasteiger charge is 2.39. The van der Waals surface area contributed by atoms with Crippen LogP contribution in [-0.2, 0) is 9.59 Å². The number of carbonyl (C=O) groups is 2. The van der Waals surface area contributed by atoms with Crippen molar-refractivity contribution in [2.24, 2.45) is 0 Å². The van der Waals surface area contributed by atoms with Crippen molar-refractivity contribution < 1.29 is 35.9 Å². The standard InChI is InChI=1S/C6H2F6O2/c7-5(8,9)3(13)1-2-4(14)6(10,11)12/h1-2H. The highest BCUT2D eigenvalue weighted by molar-refractivity contribution is 6.02. The zero-order valence-electron chi connectivity index (χ0n) is 6.24. The van der Waals surface area contributed by atoms with E-state index in [1.807, 2.05) is 0 Å². The molecule has 0 atom stereocenters. The fourth-order valence-electron chi connectivity index (χ4n) is 0.340. The Morgan fingerprint density at radius 3 is 1.07 bits per heavy atom. The molecule has 14 heavy (non-hydrogen) atoms. The molecule has 0 rings (SSSR count). The molecule has 0 saturated carbocycles. The van der Waals surface area contributed by atoms with Crippen molar-refractivity contribution in [3.8, 4) is 0 Å². The minimum absolute atomic E-state index is 0.462. The Kier molecular flexibility index (Phi) is 3.44. The molecule has 0 spiro atoms. The topological polar surface area (TPSA) is 34.1 Å². The predicted octanol–water partition coefficient (Wildman–Crippen LogP) is 1.81. The number of carbonyl (C=O) groups excluding carboxylic acids is 2. The fraction of sp³-hybridized carbons (Fsp3) is 0.333. The maximum atomic E-state index is 11.4. The average molecular weight is 220 g/mol.